The number of sulfonamides is 1. The van der Waals surface area contributed by atoms with Crippen LogP contribution >= 0.6 is 15.9 Å². The molecule has 0 saturated carbocycles. The fourth-order valence-electron chi connectivity index (χ4n) is 1.41. The largest absolute Gasteiger partial charge is 0.418 e. The topological polar surface area (TPSA) is 73.1 Å². The molecule has 0 radical (unpaired) electrons. The number of primary sulfonamides is 1. The van der Waals surface area contributed by atoms with E-state index in [9.17, 15) is 30.4 Å². The van der Waals surface area contributed by atoms with Crippen LogP contribution in [-0.2, 0) is 21.5 Å². The molecule has 0 aliphatic carbocycles. The van der Waals surface area contributed by atoms with Gasteiger partial charge < -0.3 is 0 Å². The number of nitrogens with zero attached hydrogens (tertiary/aromatic N) is 1. The SMILES string of the molecule is NS(=O)(=O)c1c(CBr)ncc(C(F)F)c1C(F)(F)F. The van der Waals surface area contributed by atoms with Crippen LogP contribution in [0.3, 0.4) is 0 Å². The Balaban J connectivity index is 3.88. The van der Waals surface area contributed by atoms with E-state index >= 15 is 0 Å². The summed E-state index contributed by atoms with van der Waals surface area (Å²) in [5, 5.41) is 4.28. The van der Waals surface area contributed by atoms with Crippen LogP contribution in [-0.4, -0.2) is 13.4 Å². The number of rotatable bonds is 3. The van der Waals surface area contributed by atoms with Crippen LogP contribution in [0.15, 0.2) is 11.1 Å². The summed E-state index contributed by atoms with van der Waals surface area (Å²) in [6, 6.07) is 0. The van der Waals surface area contributed by atoms with E-state index in [1.165, 1.54) is 0 Å². The normalized spacial score (nSPS) is 13.1. The minimum Gasteiger partial charge on any atom is -0.258 e. The summed E-state index contributed by atoms with van der Waals surface area (Å²) >= 11 is 2.73. The van der Waals surface area contributed by atoms with E-state index in [2.05, 4.69) is 26.1 Å². The maximum Gasteiger partial charge on any atom is 0.418 e. The molecule has 0 aliphatic heterocycles. The Labute approximate surface area is 113 Å². The molecule has 11 heteroatoms. The first kappa shape index (κ1) is 16.2. The van der Waals surface area contributed by atoms with Crippen LogP contribution < -0.4 is 5.14 Å². The molecule has 108 valence electrons. The van der Waals surface area contributed by atoms with Crippen molar-refractivity contribution in [3.05, 3.63) is 23.0 Å². The number of pyridine rings is 1. The van der Waals surface area contributed by atoms with Gasteiger partial charge >= 0.3 is 6.18 Å². The second-order valence-corrected chi connectivity index (χ2v) is 5.40. The second-order valence-electron chi connectivity index (χ2n) is 3.34. The minimum atomic E-state index is -5.30. The van der Waals surface area contributed by atoms with Crippen LogP contribution in [0.1, 0.15) is 23.2 Å². The Hall–Kier alpha value is -0.810. The summed E-state index contributed by atoms with van der Waals surface area (Å²) in [5.41, 5.74) is -4.09. The highest BCUT2D eigenvalue weighted by Gasteiger charge is 2.42. The first-order valence-corrected chi connectivity index (χ1v) is 7.12. The van der Waals surface area contributed by atoms with Crippen molar-refractivity contribution in [3.63, 3.8) is 0 Å². The molecule has 0 spiro atoms. The lowest BCUT2D eigenvalue weighted by atomic mass is 10.1. The minimum absolute atomic E-state index is 0.290. The van der Waals surface area contributed by atoms with Gasteiger partial charge in [0.2, 0.25) is 10.0 Å². The van der Waals surface area contributed by atoms with Gasteiger partial charge in [-0.25, -0.2) is 22.3 Å². The smallest absolute Gasteiger partial charge is 0.258 e. The van der Waals surface area contributed by atoms with Crippen molar-refractivity contribution in [2.24, 2.45) is 5.14 Å². The molecule has 19 heavy (non-hydrogen) atoms. The summed E-state index contributed by atoms with van der Waals surface area (Å²) in [4.78, 5) is 1.84. The lowest BCUT2D eigenvalue weighted by molar-refractivity contribution is -0.142. The zero-order valence-electron chi connectivity index (χ0n) is 8.88. The number of nitrogens with two attached hydrogens (primary N) is 1. The molecule has 0 fully saturated rings. The summed E-state index contributed by atoms with van der Waals surface area (Å²) in [7, 11) is -4.86. The molecule has 1 aromatic rings. The van der Waals surface area contributed by atoms with Crippen LogP contribution in [0.4, 0.5) is 22.0 Å². The van der Waals surface area contributed by atoms with Gasteiger partial charge in [0.05, 0.1) is 11.3 Å². The molecule has 0 unspecified atom stereocenters. The molecule has 0 aromatic carbocycles. The second kappa shape index (κ2) is 5.29. The number of halogens is 6. The molecule has 0 bridgehead atoms. The third-order valence-corrected chi connectivity index (χ3v) is 3.61. The zero-order valence-corrected chi connectivity index (χ0v) is 11.3. The molecule has 0 aliphatic rings. The zero-order chi connectivity index (χ0) is 15.0. The first-order chi connectivity index (χ1) is 8.50. The van der Waals surface area contributed by atoms with E-state index in [1.54, 1.807) is 0 Å². The molecule has 1 aromatic heterocycles. The average molecular weight is 369 g/mol. The highest BCUT2D eigenvalue weighted by atomic mass is 79.9. The van der Waals surface area contributed by atoms with Gasteiger partial charge in [-0.15, -0.1) is 0 Å². The summed E-state index contributed by atoms with van der Waals surface area (Å²) < 4.78 is 86.1. The quantitative estimate of drug-likeness (QED) is 0.658. The molecular formula is C8H6BrF5N2O2S. The maximum absolute atomic E-state index is 12.8. The Morgan fingerprint density at radius 2 is 1.89 bits per heavy atom. The number of aromatic nitrogens is 1. The van der Waals surface area contributed by atoms with Crippen LogP contribution in [0.5, 0.6) is 0 Å². The highest BCUT2D eigenvalue weighted by molar-refractivity contribution is 9.08. The summed E-state index contributed by atoms with van der Waals surface area (Å²) in [5.74, 6) is 0. The Bertz CT molecular complexity index is 588. The molecule has 4 nitrogen and oxygen atoms in total. The van der Waals surface area contributed by atoms with Crippen molar-refractivity contribution in [2.75, 3.05) is 0 Å². The van der Waals surface area contributed by atoms with Gasteiger partial charge in [-0.3, -0.25) is 4.98 Å². The Morgan fingerprint density at radius 1 is 1.37 bits per heavy atom. The predicted octanol–water partition coefficient (Wildman–Crippen LogP) is 2.58. The van der Waals surface area contributed by atoms with Gasteiger partial charge in [0.15, 0.2) is 0 Å². The van der Waals surface area contributed by atoms with Crippen molar-refractivity contribution in [1.82, 2.24) is 4.98 Å². The van der Waals surface area contributed by atoms with E-state index in [0.717, 1.165) is 0 Å². The van der Waals surface area contributed by atoms with E-state index in [0.29, 0.717) is 6.20 Å². The number of alkyl halides is 6. The standard InChI is InChI=1S/C8H6BrF5N2O2S/c9-1-4-6(19(15,17)18)5(8(12,13)14)3(2-16-4)7(10)11/h2,7H,1H2,(H2,15,17,18). The Morgan fingerprint density at radius 3 is 2.21 bits per heavy atom. The fraction of sp³-hybridized carbons (Fsp3) is 0.375. The number of hydrogen-bond acceptors (Lipinski definition) is 3. The predicted molar refractivity (Wildman–Crippen MR) is 58.2 cm³/mol. The molecule has 1 rings (SSSR count). The van der Waals surface area contributed by atoms with Crippen molar-refractivity contribution in [3.8, 4) is 0 Å². The van der Waals surface area contributed by atoms with Gasteiger partial charge in [-0.2, -0.15) is 13.2 Å². The Kier molecular flexibility index (Phi) is 4.52. The van der Waals surface area contributed by atoms with Gasteiger partial charge in [0.1, 0.15) is 4.90 Å². The molecule has 0 atom stereocenters. The summed E-state index contributed by atoms with van der Waals surface area (Å²) in [6.07, 6.45) is -8.54. The van der Waals surface area contributed by atoms with E-state index in [4.69, 9.17) is 0 Å². The van der Waals surface area contributed by atoms with Crippen LogP contribution in [0.25, 0.3) is 0 Å². The molecule has 2 N–H and O–H groups in total. The third-order valence-electron chi connectivity index (χ3n) is 2.07. The van der Waals surface area contributed by atoms with Crippen LogP contribution in [0.2, 0.25) is 0 Å². The monoisotopic (exact) mass is 368 g/mol. The van der Waals surface area contributed by atoms with E-state index < -0.39 is 44.3 Å². The maximum atomic E-state index is 12.8. The lowest BCUT2D eigenvalue weighted by Crippen LogP contribution is -2.23. The van der Waals surface area contributed by atoms with Crippen molar-refractivity contribution in [2.45, 2.75) is 22.8 Å². The van der Waals surface area contributed by atoms with Gasteiger partial charge in [0, 0.05) is 17.1 Å². The van der Waals surface area contributed by atoms with Crippen molar-refractivity contribution in [1.29, 1.82) is 0 Å². The fourth-order valence-corrected chi connectivity index (χ4v) is 2.99. The molecule has 0 amide bonds. The van der Waals surface area contributed by atoms with Crippen molar-refractivity contribution >= 4 is 26.0 Å². The lowest BCUT2D eigenvalue weighted by Gasteiger charge is -2.17. The van der Waals surface area contributed by atoms with Gasteiger partial charge in [-0.1, -0.05) is 15.9 Å². The molecule has 1 heterocycles. The molecular weight excluding hydrogens is 363 g/mol. The van der Waals surface area contributed by atoms with Gasteiger partial charge in [-0.05, 0) is 0 Å². The van der Waals surface area contributed by atoms with E-state index in [-0.39, 0.29) is 5.33 Å². The van der Waals surface area contributed by atoms with Crippen LogP contribution in [0, 0.1) is 0 Å². The van der Waals surface area contributed by atoms with E-state index in [1.807, 2.05) is 0 Å². The first-order valence-electron chi connectivity index (χ1n) is 4.46. The van der Waals surface area contributed by atoms with Crippen molar-refractivity contribution < 1.29 is 30.4 Å². The number of hydrogen-bond donors (Lipinski definition) is 1. The summed E-state index contributed by atoms with van der Waals surface area (Å²) in [6.45, 7) is 0. The highest BCUT2D eigenvalue weighted by Crippen LogP contribution is 2.40. The van der Waals surface area contributed by atoms with Gasteiger partial charge in [0.25, 0.3) is 6.43 Å². The molecule has 0 saturated heterocycles. The third kappa shape index (κ3) is 3.39. The average Bonchev–Trinajstić information content (AvgIpc) is 2.24.